The van der Waals surface area contributed by atoms with Crippen LogP contribution in [0.15, 0.2) is 18.2 Å². The number of hydrogen-bond donors (Lipinski definition) is 2. The molecule has 0 saturated carbocycles. The minimum Gasteiger partial charge on any atom is -0.497 e. The van der Waals surface area contributed by atoms with Crippen LogP contribution in [-0.4, -0.2) is 13.0 Å². The molecule has 80 valence electrons. The molecule has 16 heavy (non-hydrogen) atoms. The van der Waals surface area contributed by atoms with E-state index >= 15 is 0 Å². The number of methoxy groups -OCH3 is 1. The molecule has 0 unspecified atom stereocenters. The molecule has 0 heterocycles. The predicted molar refractivity (Wildman–Crippen MR) is 57.1 cm³/mol. The maximum atomic E-state index is 11.4. The molecule has 3 N–H and O–H groups in total. The Kier molecular flexibility index (Phi) is 3.90. The van der Waals surface area contributed by atoms with E-state index in [4.69, 9.17) is 15.8 Å². The first-order valence-corrected chi connectivity index (χ1v) is 4.32. The number of nitrogen functional groups attached to an aromatic ring is 1. The fraction of sp³-hybridized carbons (Fsp3) is 0.0909. The molecule has 0 atom stereocenters. The van der Waals surface area contributed by atoms with Crippen LogP contribution in [0.1, 0.15) is 15.9 Å². The number of amides is 1. The Morgan fingerprint density at radius 2 is 2.31 bits per heavy atom. The van der Waals surface area contributed by atoms with Crippen LogP contribution in [0, 0.1) is 23.2 Å². The Morgan fingerprint density at radius 3 is 2.88 bits per heavy atom. The van der Waals surface area contributed by atoms with Crippen LogP contribution in [0.5, 0.6) is 5.75 Å². The van der Waals surface area contributed by atoms with Gasteiger partial charge in [-0.3, -0.25) is 10.2 Å². The van der Waals surface area contributed by atoms with Crippen molar-refractivity contribution >= 4 is 5.91 Å². The Morgan fingerprint density at radius 1 is 1.56 bits per heavy atom. The van der Waals surface area contributed by atoms with Crippen molar-refractivity contribution in [1.29, 1.82) is 5.26 Å². The van der Waals surface area contributed by atoms with E-state index in [9.17, 15) is 4.79 Å². The van der Waals surface area contributed by atoms with Gasteiger partial charge < -0.3 is 4.74 Å². The Bertz CT molecular complexity index is 506. The third kappa shape index (κ3) is 2.50. The molecule has 0 fully saturated rings. The average molecular weight is 215 g/mol. The van der Waals surface area contributed by atoms with Gasteiger partial charge in [0.2, 0.25) is 0 Å². The van der Waals surface area contributed by atoms with Gasteiger partial charge in [0.1, 0.15) is 5.75 Å². The fourth-order valence-corrected chi connectivity index (χ4v) is 1.12. The number of nitrogens with zero attached hydrogens (tertiary/aromatic N) is 1. The van der Waals surface area contributed by atoms with Gasteiger partial charge >= 0.3 is 0 Å². The highest BCUT2D eigenvalue weighted by molar-refractivity contribution is 5.96. The number of carbonyl (C=O) groups excluding carboxylic acids is 1. The molecule has 5 heteroatoms. The standard InChI is InChI=1S/C11H9N3O2/c1-16-9-5-4-8(3-2-6-12)10(7-9)11(15)14-13/h4-5,7H,13H2,1H3,(H,14,15). The van der Waals surface area contributed by atoms with Gasteiger partial charge in [-0.15, -0.1) is 0 Å². The van der Waals surface area contributed by atoms with Crippen molar-refractivity contribution in [1.82, 2.24) is 5.43 Å². The number of nitriles is 1. The van der Waals surface area contributed by atoms with Gasteiger partial charge in [-0.2, -0.15) is 5.26 Å². The van der Waals surface area contributed by atoms with E-state index in [0.717, 1.165) is 0 Å². The van der Waals surface area contributed by atoms with E-state index in [1.807, 2.05) is 5.43 Å². The van der Waals surface area contributed by atoms with Crippen molar-refractivity contribution in [2.75, 3.05) is 7.11 Å². The summed E-state index contributed by atoms with van der Waals surface area (Å²) in [4.78, 5) is 11.4. The number of rotatable bonds is 2. The molecule has 0 saturated heterocycles. The lowest BCUT2D eigenvalue weighted by atomic mass is 10.1. The largest absolute Gasteiger partial charge is 0.497 e. The van der Waals surface area contributed by atoms with Gasteiger partial charge in [-0.1, -0.05) is 0 Å². The first-order chi connectivity index (χ1) is 7.72. The van der Waals surface area contributed by atoms with Crippen LogP contribution in [-0.2, 0) is 0 Å². The minimum absolute atomic E-state index is 0.268. The summed E-state index contributed by atoms with van der Waals surface area (Å²) < 4.78 is 4.97. The molecule has 0 bridgehead atoms. The highest BCUT2D eigenvalue weighted by atomic mass is 16.5. The van der Waals surface area contributed by atoms with Crippen molar-refractivity contribution in [3.05, 3.63) is 29.3 Å². The fourth-order valence-electron chi connectivity index (χ4n) is 1.12. The Labute approximate surface area is 92.8 Å². The highest BCUT2D eigenvalue weighted by Crippen LogP contribution is 2.16. The van der Waals surface area contributed by atoms with Crippen molar-refractivity contribution in [2.45, 2.75) is 0 Å². The van der Waals surface area contributed by atoms with E-state index in [1.165, 1.54) is 13.2 Å². The van der Waals surface area contributed by atoms with Crippen molar-refractivity contribution in [2.24, 2.45) is 5.84 Å². The highest BCUT2D eigenvalue weighted by Gasteiger charge is 2.10. The van der Waals surface area contributed by atoms with E-state index in [2.05, 4.69) is 11.8 Å². The normalized spacial score (nSPS) is 8.31. The molecule has 1 amide bonds. The topological polar surface area (TPSA) is 88.1 Å². The summed E-state index contributed by atoms with van der Waals surface area (Å²) in [6.07, 6.45) is 0. The average Bonchev–Trinajstić information content (AvgIpc) is 2.35. The molecule has 0 aliphatic carbocycles. The molecule has 0 spiro atoms. The van der Waals surface area contributed by atoms with Crippen LogP contribution in [0.2, 0.25) is 0 Å². The molecule has 0 radical (unpaired) electrons. The third-order valence-electron chi connectivity index (χ3n) is 1.86. The minimum atomic E-state index is -0.485. The van der Waals surface area contributed by atoms with Crippen molar-refractivity contribution in [3.8, 4) is 23.7 Å². The first-order valence-electron chi connectivity index (χ1n) is 4.32. The lowest BCUT2D eigenvalue weighted by Crippen LogP contribution is -2.30. The van der Waals surface area contributed by atoms with E-state index < -0.39 is 5.91 Å². The third-order valence-corrected chi connectivity index (χ3v) is 1.86. The lowest BCUT2D eigenvalue weighted by Gasteiger charge is -2.05. The molecular formula is C11H9N3O2. The molecule has 1 rings (SSSR count). The van der Waals surface area contributed by atoms with Gasteiger partial charge in [0.15, 0.2) is 6.07 Å². The molecule has 1 aromatic carbocycles. The molecule has 0 aliphatic heterocycles. The SMILES string of the molecule is COc1ccc(C#CC#N)c(C(=O)NN)c1. The smallest absolute Gasteiger partial charge is 0.266 e. The van der Waals surface area contributed by atoms with Crippen LogP contribution >= 0.6 is 0 Å². The molecule has 1 aromatic rings. The van der Waals surface area contributed by atoms with Gasteiger partial charge in [0, 0.05) is 11.5 Å². The molecule has 5 nitrogen and oxygen atoms in total. The summed E-state index contributed by atoms with van der Waals surface area (Å²) in [5.74, 6) is 9.83. The van der Waals surface area contributed by atoms with Crippen molar-refractivity contribution in [3.63, 3.8) is 0 Å². The first kappa shape index (κ1) is 11.6. The number of hydrazine groups is 1. The predicted octanol–water partition coefficient (Wildman–Crippen LogP) is 0.174. The second-order valence-corrected chi connectivity index (χ2v) is 2.75. The van der Waals surface area contributed by atoms with Gasteiger partial charge in [-0.25, -0.2) is 5.84 Å². The molecular weight excluding hydrogens is 206 g/mol. The summed E-state index contributed by atoms with van der Waals surface area (Å²) in [5, 5.41) is 8.34. The van der Waals surface area contributed by atoms with Crippen molar-refractivity contribution < 1.29 is 9.53 Å². The van der Waals surface area contributed by atoms with Crippen LogP contribution in [0.4, 0.5) is 0 Å². The van der Waals surface area contributed by atoms with E-state index in [0.29, 0.717) is 11.3 Å². The second kappa shape index (κ2) is 5.40. The number of hydrogen-bond acceptors (Lipinski definition) is 4. The zero-order valence-electron chi connectivity index (χ0n) is 8.57. The van der Waals surface area contributed by atoms with Gasteiger partial charge in [0.25, 0.3) is 5.91 Å². The Balaban J connectivity index is 3.28. The van der Waals surface area contributed by atoms with Crippen LogP contribution in [0.25, 0.3) is 0 Å². The zero-order chi connectivity index (χ0) is 12.0. The summed E-state index contributed by atoms with van der Waals surface area (Å²) >= 11 is 0. The number of benzene rings is 1. The van der Waals surface area contributed by atoms with E-state index in [-0.39, 0.29) is 5.56 Å². The number of carbonyl (C=O) groups is 1. The van der Waals surface area contributed by atoms with Crippen LogP contribution < -0.4 is 16.0 Å². The summed E-state index contributed by atoms with van der Waals surface area (Å²) in [6.45, 7) is 0. The maximum absolute atomic E-state index is 11.4. The number of nitrogens with two attached hydrogens (primary N) is 1. The van der Waals surface area contributed by atoms with Crippen LogP contribution in [0.3, 0.4) is 0 Å². The quantitative estimate of drug-likeness (QED) is 0.318. The monoisotopic (exact) mass is 215 g/mol. The van der Waals surface area contributed by atoms with Gasteiger partial charge in [0.05, 0.1) is 12.7 Å². The van der Waals surface area contributed by atoms with Gasteiger partial charge in [-0.05, 0) is 24.1 Å². The second-order valence-electron chi connectivity index (χ2n) is 2.75. The lowest BCUT2D eigenvalue weighted by molar-refractivity contribution is 0.0953. The van der Waals surface area contributed by atoms with E-state index in [1.54, 1.807) is 18.2 Å². The zero-order valence-corrected chi connectivity index (χ0v) is 8.57. The summed E-state index contributed by atoms with van der Waals surface area (Å²) in [5.41, 5.74) is 2.69. The summed E-state index contributed by atoms with van der Waals surface area (Å²) in [7, 11) is 1.49. The molecule has 0 aromatic heterocycles. The molecule has 0 aliphatic rings. The summed E-state index contributed by atoms with van der Waals surface area (Å²) in [6, 6.07) is 6.42. The Hall–Kier alpha value is -2.50. The number of ether oxygens (including phenoxy) is 1. The number of nitrogens with one attached hydrogen (secondary N) is 1. The maximum Gasteiger partial charge on any atom is 0.266 e.